The first-order chi connectivity index (χ1) is 13.1. The minimum Gasteiger partial charge on any atom is -0.508 e. The van der Waals surface area contributed by atoms with Crippen LogP contribution in [-0.2, 0) is 0 Å². The molecule has 2 heterocycles. The molecule has 2 aromatic heterocycles. The Kier molecular flexibility index (Phi) is 4.43. The maximum atomic E-state index is 9.59. The summed E-state index contributed by atoms with van der Waals surface area (Å²) in [6.45, 7) is 4.12. The number of aryl methyl sites for hydroxylation is 2. The second kappa shape index (κ2) is 7.04. The summed E-state index contributed by atoms with van der Waals surface area (Å²) in [6.07, 6.45) is 8.31. The molecule has 0 fully saturated rings. The SMILES string of the molecule is Cc1ccccc1-[n+]1ccc(-c2cc[n+](-c3ccc(O)cc3C)cc2)cc1. The minimum atomic E-state index is 0.291. The van der Waals surface area contributed by atoms with Gasteiger partial charge in [-0.3, -0.25) is 0 Å². The van der Waals surface area contributed by atoms with Crippen LogP contribution in [0, 0.1) is 13.8 Å². The Hall–Kier alpha value is -3.46. The molecule has 0 radical (unpaired) electrons. The molecular weight excluding hydrogens is 332 g/mol. The Morgan fingerprint density at radius 1 is 0.593 bits per heavy atom. The van der Waals surface area contributed by atoms with Crippen LogP contribution in [0.15, 0.2) is 91.5 Å². The Morgan fingerprint density at radius 2 is 1.11 bits per heavy atom. The quantitative estimate of drug-likeness (QED) is 0.548. The van der Waals surface area contributed by atoms with Gasteiger partial charge < -0.3 is 5.11 Å². The van der Waals surface area contributed by atoms with Gasteiger partial charge in [-0.1, -0.05) is 18.2 Å². The van der Waals surface area contributed by atoms with E-state index in [1.165, 1.54) is 22.4 Å². The monoisotopic (exact) mass is 354 g/mol. The lowest BCUT2D eigenvalue weighted by Gasteiger charge is -2.04. The zero-order chi connectivity index (χ0) is 18.8. The highest BCUT2D eigenvalue weighted by atomic mass is 16.3. The molecule has 0 aliphatic rings. The lowest BCUT2D eigenvalue weighted by atomic mass is 10.1. The van der Waals surface area contributed by atoms with Gasteiger partial charge in [0.2, 0.25) is 11.4 Å². The number of para-hydroxylation sites is 1. The fourth-order valence-corrected chi connectivity index (χ4v) is 3.34. The first-order valence-corrected chi connectivity index (χ1v) is 9.01. The number of benzene rings is 2. The summed E-state index contributed by atoms with van der Waals surface area (Å²) in [6, 6.07) is 22.3. The second-order valence-corrected chi connectivity index (χ2v) is 6.75. The average molecular weight is 354 g/mol. The fourth-order valence-electron chi connectivity index (χ4n) is 3.34. The molecule has 0 saturated heterocycles. The third-order valence-electron chi connectivity index (χ3n) is 4.84. The van der Waals surface area contributed by atoms with Crippen LogP contribution in [0.5, 0.6) is 5.75 Å². The summed E-state index contributed by atoms with van der Waals surface area (Å²) >= 11 is 0. The summed E-state index contributed by atoms with van der Waals surface area (Å²) in [5.74, 6) is 0.291. The smallest absolute Gasteiger partial charge is 0.213 e. The molecule has 0 atom stereocenters. The van der Waals surface area contributed by atoms with Gasteiger partial charge >= 0.3 is 0 Å². The van der Waals surface area contributed by atoms with Crippen molar-refractivity contribution in [3.05, 3.63) is 103 Å². The topological polar surface area (TPSA) is 28.0 Å². The summed E-state index contributed by atoms with van der Waals surface area (Å²) in [4.78, 5) is 0. The van der Waals surface area contributed by atoms with E-state index in [0.29, 0.717) is 5.75 Å². The van der Waals surface area contributed by atoms with Crippen molar-refractivity contribution in [2.45, 2.75) is 13.8 Å². The van der Waals surface area contributed by atoms with Gasteiger partial charge in [-0.05, 0) is 37.1 Å². The Bertz CT molecular complexity index is 1080. The number of hydrogen-bond donors (Lipinski definition) is 1. The lowest BCUT2D eigenvalue weighted by Crippen LogP contribution is -2.30. The fraction of sp³-hybridized carbons (Fsp3) is 0.0833. The van der Waals surface area contributed by atoms with Crippen LogP contribution in [-0.4, -0.2) is 5.11 Å². The maximum Gasteiger partial charge on any atom is 0.213 e. The zero-order valence-corrected chi connectivity index (χ0v) is 15.5. The third kappa shape index (κ3) is 3.44. The predicted molar refractivity (Wildman–Crippen MR) is 106 cm³/mol. The number of phenols is 1. The van der Waals surface area contributed by atoms with E-state index in [-0.39, 0.29) is 0 Å². The van der Waals surface area contributed by atoms with Crippen molar-refractivity contribution >= 4 is 0 Å². The van der Waals surface area contributed by atoms with Gasteiger partial charge in [-0.2, -0.15) is 9.13 Å². The molecule has 0 aliphatic carbocycles. The van der Waals surface area contributed by atoms with Crippen molar-refractivity contribution in [1.29, 1.82) is 0 Å². The van der Waals surface area contributed by atoms with E-state index in [1.54, 1.807) is 12.1 Å². The standard InChI is InChI=1S/C24H21N2O/c1-18-5-3-4-6-23(18)25-13-9-20(10-14-25)21-11-15-26(16-12-21)24-8-7-22(27)17-19(24)2/h3-17H,1-2H3/q+1/p+1. The minimum absolute atomic E-state index is 0.291. The first-order valence-electron chi connectivity index (χ1n) is 9.01. The second-order valence-electron chi connectivity index (χ2n) is 6.75. The average Bonchev–Trinajstić information content (AvgIpc) is 2.69. The van der Waals surface area contributed by atoms with Gasteiger partial charge in [-0.15, -0.1) is 0 Å². The van der Waals surface area contributed by atoms with E-state index in [2.05, 4.69) is 89.4 Å². The molecule has 0 unspecified atom stereocenters. The molecule has 1 N–H and O–H groups in total. The number of aromatic nitrogens is 2. The van der Waals surface area contributed by atoms with Gasteiger partial charge in [0.05, 0.1) is 0 Å². The zero-order valence-electron chi connectivity index (χ0n) is 15.5. The molecule has 0 bridgehead atoms. The van der Waals surface area contributed by atoms with Gasteiger partial charge in [0.25, 0.3) is 0 Å². The molecule has 0 spiro atoms. The molecule has 0 amide bonds. The number of aromatic hydroxyl groups is 1. The number of pyridine rings is 2. The van der Waals surface area contributed by atoms with Crippen LogP contribution in [0.2, 0.25) is 0 Å². The molecule has 132 valence electrons. The highest BCUT2D eigenvalue weighted by molar-refractivity contribution is 5.61. The largest absolute Gasteiger partial charge is 0.508 e. The van der Waals surface area contributed by atoms with Gasteiger partial charge in [0.15, 0.2) is 24.8 Å². The molecule has 2 aromatic carbocycles. The normalized spacial score (nSPS) is 10.7. The summed E-state index contributed by atoms with van der Waals surface area (Å²) in [7, 11) is 0. The Balaban J connectivity index is 1.62. The van der Waals surface area contributed by atoms with E-state index in [4.69, 9.17) is 0 Å². The Labute approximate surface area is 159 Å². The van der Waals surface area contributed by atoms with Crippen molar-refractivity contribution < 1.29 is 14.2 Å². The summed E-state index contributed by atoms with van der Waals surface area (Å²) in [5.41, 5.74) is 6.88. The predicted octanol–water partition coefficient (Wildman–Crippen LogP) is 4.23. The van der Waals surface area contributed by atoms with Gasteiger partial charge in [0.1, 0.15) is 5.75 Å². The molecule has 4 rings (SSSR count). The lowest BCUT2D eigenvalue weighted by molar-refractivity contribution is -0.596. The van der Waals surface area contributed by atoms with E-state index in [0.717, 1.165) is 11.3 Å². The van der Waals surface area contributed by atoms with Crippen molar-refractivity contribution in [1.82, 2.24) is 0 Å². The highest BCUT2D eigenvalue weighted by Crippen LogP contribution is 2.19. The molecule has 4 aromatic rings. The van der Waals surface area contributed by atoms with Crippen LogP contribution in [0.25, 0.3) is 22.5 Å². The summed E-state index contributed by atoms with van der Waals surface area (Å²) in [5, 5.41) is 9.59. The van der Waals surface area contributed by atoms with Crippen LogP contribution in [0.3, 0.4) is 0 Å². The molecule has 3 nitrogen and oxygen atoms in total. The molecule has 27 heavy (non-hydrogen) atoms. The Morgan fingerprint density at radius 3 is 1.63 bits per heavy atom. The van der Waals surface area contributed by atoms with Crippen molar-refractivity contribution in [3.63, 3.8) is 0 Å². The van der Waals surface area contributed by atoms with Crippen molar-refractivity contribution in [2.75, 3.05) is 0 Å². The first kappa shape index (κ1) is 17.0. The molecule has 3 heteroatoms. The molecular formula is C24H22N2O+2. The number of nitrogens with zero attached hydrogens (tertiary/aromatic N) is 2. The number of phenolic OH excluding ortho intramolecular Hbond substituents is 1. The van der Waals surface area contributed by atoms with E-state index >= 15 is 0 Å². The maximum absolute atomic E-state index is 9.59. The van der Waals surface area contributed by atoms with Crippen LogP contribution in [0.4, 0.5) is 0 Å². The summed E-state index contributed by atoms with van der Waals surface area (Å²) < 4.78 is 4.20. The van der Waals surface area contributed by atoms with E-state index < -0.39 is 0 Å². The van der Waals surface area contributed by atoms with Crippen molar-refractivity contribution in [3.8, 4) is 28.3 Å². The molecule has 0 saturated carbocycles. The highest BCUT2D eigenvalue weighted by Gasteiger charge is 2.12. The van der Waals surface area contributed by atoms with E-state index in [1.807, 2.05) is 13.0 Å². The molecule has 0 aliphatic heterocycles. The van der Waals surface area contributed by atoms with Crippen LogP contribution < -0.4 is 9.13 Å². The van der Waals surface area contributed by atoms with Crippen LogP contribution >= 0.6 is 0 Å². The van der Waals surface area contributed by atoms with Crippen molar-refractivity contribution in [2.24, 2.45) is 0 Å². The third-order valence-corrected chi connectivity index (χ3v) is 4.84. The van der Waals surface area contributed by atoms with Crippen LogP contribution in [0.1, 0.15) is 11.1 Å². The van der Waals surface area contributed by atoms with Gasteiger partial charge in [0, 0.05) is 47.5 Å². The number of rotatable bonds is 3. The number of hydrogen-bond acceptors (Lipinski definition) is 1. The van der Waals surface area contributed by atoms with E-state index in [9.17, 15) is 5.11 Å². The van der Waals surface area contributed by atoms with Gasteiger partial charge in [-0.25, -0.2) is 0 Å².